The van der Waals surface area contributed by atoms with Gasteiger partial charge in [-0.1, -0.05) is 54.6 Å². The molecule has 7 aromatic carbocycles. The quantitative estimate of drug-likeness (QED) is 0.0932. The van der Waals surface area contributed by atoms with E-state index in [0.717, 1.165) is 47.5 Å². The molecule has 0 radical (unpaired) electrons. The Kier molecular flexibility index (Phi) is 15.1. The van der Waals surface area contributed by atoms with Crippen molar-refractivity contribution in [2.45, 2.75) is 16.0 Å². The number of hydrogen-bond donors (Lipinski definition) is 2. The van der Waals surface area contributed by atoms with Crippen molar-refractivity contribution < 1.29 is 67.2 Å². The van der Waals surface area contributed by atoms with Crippen molar-refractivity contribution in [2.75, 3.05) is 37.9 Å². The monoisotopic (exact) mass is 1050 g/mol. The van der Waals surface area contributed by atoms with Gasteiger partial charge in [0.05, 0.1) is 66.2 Å². The third-order valence-corrected chi connectivity index (χ3v) is 13.8. The normalized spacial score (nSPS) is 11.5. The van der Waals surface area contributed by atoms with Crippen LogP contribution in [0.25, 0.3) is 32.9 Å². The molecule has 0 bridgehead atoms. The second-order valence-corrected chi connectivity index (χ2v) is 19.0. The van der Waals surface area contributed by atoms with Crippen LogP contribution in [0.15, 0.2) is 174 Å². The average Bonchev–Trinajstić information content (AvgIpc) is 3.39. The van der Waals surface area contributed by atoms with Crippen LogP contribution < -0.4 is 37.9 Å². The fraction of sp³-hybridized carbons (Fsp3) is 0.0943. The molecule has 380 valence electrons. The van der Waals surface area contributed by atoms with Crippen LogP contribution in [0.1, 0.15) is 5.56 Å². The van der Waals surface area contributed by atoms with Crippen molar-refractivity contribution in [3.8, 4) is 57.1 Å². The molecule has 2 N–H and O–H groups in total. The van der Waals surface area contributed by atoms with Crippen LogP contribution in [0.4, 0.5) is 33.3 Å². The van der Waals surface area contributed by atoms with Crippen molar-refractivity contribution in [1.82, 2.24) is 9.97 Å². The van der Waals surface area contributed by atoms with Crippen LogP contribution in [0, 0.1) is 11.6 Å². The van der Waals surface area contributed by atoms with Gasteiger partial charge >= 0.3 is 6.18 Å². The first-order valence-corrected chi connectivity index (χ1v) is 24.7. The molecule has 0 amide bonds. The Morgan fingerprint density at radius 3 is 1.39 bits per heavy atom. The SMILES string of the molecule is COc1cc2nccc(Oc3ccc(NS(=O)(=O)c4cccc(-c5ccccc5)c4)cc3F)c2cc1OC.COc1cc2nccc(Oc3ccc(NS(=O)(=O)c4ccccc4C(F)(F)F)cc3F)c2cc1OC. The molecule has 0 aliphatic carbocycles. The van der Waals surface area contributed by atoms with Crippen molar-refractivity contribution in [3.63, 3.8) is 0 Å². The molecule has 0 saturated carbocycles. The van der Waals surface area contributed by atoms with Crippen molar-refractivity contribution in [1.29, 1.82) is 0 Å². The topological polar surface area (TPSA) is 174 Å². The molecule has 9 rings (SSSR count). The second-order valence-electron chi connectivity index (χ2n) is 15.7. The highest BCUT2D eigenvalue weighted by Gasteiger charge is 2.37. The summed E-state index contributed by atoms with van der Waals surface area (Å²) in [5.41, 5.74) is 1.13. The van der Waals surface area contributed by atoms with Gasteiger partial charge in [0.2, 0.25) is 0 Å². The highest BCUT2D eigenvalue weighted by atomic mass is 32.2. The fourth-order valence-electron chi connectivity index (χ4n) is 7.44. The predicted molar refractivity (Wildman–Crippen MR) is 268 cm³/mol. The van der Waals surface area contributed by atoms with Gasteiger partial charge in [-0.25, -0.2) is 25.6 Å². The molecule has 2 aromatic heterocycles. The summed E-state index contributed by atoms with van der Waals surface area (Å²) in [7, 11) is -2.68. The van der Waals surface area contributed by atoms with E-state index in [0.29, 0.717) is 56.6 Å². The van der Waals surface area contributed by atoms with Gasteiger partial charge in [0.15, 0.2) is 46.1 Å². The second kappa shape index (κ2) is 21.6. The zero-order chi connectivity index (χ0) is 52.8. The predicted octanol–water partition coefficient (Wildman–Crippen LogP) is 12.7. The number of pyridine rings is 2. The summed E-state index contributed by atoms with van der Waals surface area (Å²) >= 11 is 0. The summed E-state index contributed by atoms with van der Waals surface area (Å²) < 4.78 is 158. The maximum absolute atomic E-state index is 15.0. The number of alkyl halides is 3. The van der Waals surface area contributed by atoms with Crippen LogP contribution in [0.5, 0.6) is 46.0 Å². The number of nitrogens with zero attached hydrogens (tertiary/aromatic N) is 2. The van der Waals surface area contributed by atoms with Gasteiger partial charge in [0.1, 0.15) is 11.5 Å². The summed E-state index contributed by atoms with van der Waals surface area (Å²) in [4.78, 5) is 7.63. The summed E-state index contributed by atoms with van der Waals surface area (Å²) in [6.07, 6.45) is -1.91. The van der Waals surface area contributed by atoms with Crippen molar-refractivity contribution in [3.05, 3.63) is 181 Å². The fourth-order valence-corrected chi connectivity index (χ4v) is 9.81. The molecule has 9 aromatic rings. The first-order valence-electron chi connectivity index (χ1n) is 21.7. The number of benzene rings is 7. The van der Waals surface area contributed by atoms with Crippen LogP contribution in [-0.2, 0) is 26.2 Å². The minimum absolute atomic E-state index is 0.0611. The zero-order valence-electron chi connectivity index (χ0n) is 39.3. The van der Waals surface area contributed by atoms with E-state index in [-0.39, 0.29) is 33.5 Å². The van der Waals surface area contributed by atoms with Gasteiger partial charge < -0.3 is 28.4 Å². The van der Waals surface area contributed by atoms with E-state index in [1.165, 1.54) is 71.2 Å². The number of rotatable bonds is 15. The first kappa shape index (κ1) is 51.7. The average molecular weight is 1050 g/mol. The molecule has 14 nitrogen and oxygen atoms in total. The van der Waals surface area contributed by atoms with Gasteiger partial charge in [-0.3, -0.25) is 19.4 Å². The lowest BCUT2D eigenvalue weighted by molar-refractivity contribution is -0.139. The Balaban J connectivity index is 0.000000197. The Morgan fingerprint density at radius 2 is 0.905 bits per heavy atom. The lowest BCUT2D eigenvalue weighted by atomic mass is 10.1. The smallest absolute Gasteiger partial charge is 0.417 e. The van der Waals surface area contributed by atoms with E-state index < -0.39 is 48.3 Å². The summed E-state index contributed by atoms with van der Waals surface area (Å²) in [5.74, 6) is 0.349. The first-order chi connectivity index (χ1) is 35.4. The number of fused-ring (bicyclic) bond motifs is 2. The zero-order valence-corrected chi connectivity index (χ0v) is 40.9. The number of anilines is 2. The van der Waals surface area contributed by atoms with Gasteiger partial charge in [0, 0.05) is 47.4 Å². The summed E-state index contributed by atoms with van der Waals surface area (Å²) in [6.45, 7) is 0. The molecule has 0 atom stereocenters. The minimum atomic E-state index is -4.89. The Labute approximate surface area is 421 Å². The highest BCUT2D eigenvalue weighted by molar-refractivity contribution is 7.93. The van der Waals surface area contributed by atoms with Crippen molar-refractivity contribution >= 4 is 53.2 Å². The van der Waals surface area contributed by atoms with E-state index in [2.05, 4.69) is 14.7 Å². The molecular weight excluding hydrogens is 1010 g/mol. The number of hydrogen-bond acceptors (Lipinski definition) is 12. The van der Waals surface area contributed by atoms with Gasteiger partial charge in [-0.05, 0) is 83.9 Å². The van der Waals surface area contributed by atoms with Crippen molar-refractivity contribution in [2.24, 2.45) is 0 Å². The highest BCUT2D eigenvalue weighted by Crippen LogP contribution is 2.40. The molecule has 2 heterocycles. The maximum atomic E-state index is 15.0. The Morgan fingerprint density at radius 1 is 0.446 bits per heavy atom. The number of halogens is 5. The number of methoxy groups -OCH3 is 4. The van der Waals surface area contributed by atoms with E-state index in [9.17, 15) is 34.4 Å². The number of ether oxygens (including phenoxy) is 6. The van der Waals surface area contributed by atoms with Crippen LogP contribution in [-0.4, -0.2) is 55.2 Å². The number of nitrogens with one attached hydrogen (secondary N) is 2. The van der Waals surface area contributed by atoms with E-state index in [1.807, 2.05) is 41.1 Å². The number of sulfonamides is 2. The third-order valence-electron chi connectivity index (χ3n) is 11.0. The number of aromatic nitrogens is 2. The molecule has 0 saturated heterocycles. The molecule has 0 fully saturated rings. The van der Waals surface area contributed by atoms with Gasteiger partial charge in [0.25, 0.3) is 20.0 Å². The van der Waals surface area contributed by atoms with E-state index >= 15 is 4.39 Å². The minimum Gasteiger partial charge on any atom is -0.493 e. The van der Waals surface area contributed by atoms with Gasteiger partial charge in [-0.2, -0.15) is 13.2 Å². The van der Waals surface area contributed by atoms with E-state index in [4.69, 9.17) is 28.4 Å². The molecule has 74 heavy (non-hydrogen) atoms. The molecule has 0 aliphatic heterocycles. The summed E-state index contributed by atoms with van der Waals surface area (Å²) in [6, 6.07) is 36.4. The summed E-state index contributed by atoms with van der Waals surface area (Å²) in [5, 5.41) is 1.08. The van der Waals surface area contributed by atoms with E-state index in [1.54, 1.807) is 42.5 Å². The van der Waals surface area contributed by atoms with Crippen LogP contribution >= 0.6 is 0 Å². The molecule has 0 aliphatic rings. The molecular formula is C53H41F5N4O10S2. The van der Waals surface area contributed by atoms with Gasteiger partial charge in [-0.15, -0.1) is 0 Å². The van der Waals surface area contributed by atoms with Crippen LogP contribution in [0.3, 0.4) is 0 Å². The standard InChI is InChI=1S/C29H23FN2O5S.C24H18F4N2O5S/c1-35-28-17-23-25(18-29(28)36-2)31-14-13-26(23)37-27-12-11-21(16-24(27)30)32-38(33,34)22-10-6-9-20(15-22)19-7-4-3-5-8-19;1-33-21-12-15-18(13-22(21)34-2)29-10-9-19(15)35-20-8-7-14(11-17(20)25)30-36(31,32)23-6-4-3-5-16(23)24(26,27)28/h3-18,32H,1-2H3;3-13,30H,1-2H3. The Hall–Kier alpha value is -8.69. The lowest BCUT2D eigenvalue weighted by Crippen LogP contribution is -2.19. The van der Waals surface area contributed by atoms with Crippen LogP contribution in [0.2, 0.25) is 0 Å². The Bertz CT molecular complexity index is 3760. The molecule has 21 heteroatoms. The largest absolute Gasteiger partial charge is 0.493 e. The lowest BCUT2D eigenvalue weighted by Gasteiger charge is -2.15. The third kappa shape index (κ3) is 11.5. The maximum Gasteiger partial charge on any atom is 0.417 e. The molecule has 0 unspecified atom stereocenters. The molecule has 0 spiro atoms.